The first kappa shape index (κ1) is 13.8. The minimum atomic E-state index is 0.597. The van der Waals surface area contributed by atoms with Crippen molar-refractivity contribution < 1.29 is 0 Å². The molecule has 0 spiro atoms. The molecule has 2 rings (SSSR count). The van der Waals surface area contributed by atoms with E-state index in [9.17, 15) is 0 Å². The summed E-state index contributed by atoms with van der Waals surface area (Å²) in [5.41, 5.74) is 8.46. The molecule has 1 aromatic heterocycles. The predicted molar refractivity (Wildman–Crippen MR) is 81.1 cm³/mol. The Morgan fingerprint density at radius 3 is 2.78 bits per heavy atom. The third-order valence-corrected chi connectivity index (χ3v) is 4.97. The van der Waals surface area contributed by atoms with Gasteiger partial charge in [0.15, 0.2) is 0 Å². The van der Waals surface area contributed by atoms with Gasteiger partial charge >= 0.3 is 0 Å². The van der Waals surface area contributed by atoms with Gasteiger partial charge in [0.05, 0.1) is 26.6 Å². The Kier molecular flexibility index (Phi) is 4.25. The van der Waals surface area contributed by atoms with Crippen molar-refractivity contribution >= 4 is 45.0 Å². The lowest BCUT2D eigenvalue weighted by Gasteiger charge is -2.05. The molecule has 0 amide bonds. The standard InChI is InChI=1S/C12H13BrClN3S/c1-7-12(13)11(17(2)16-7)6-18-8-3-4-10(15)9(14)5-8/h3-5H,6,15H2,1-2H3. The monoisotopic (exact) mass is 345 g/mol. The van der Waals surface area contributed by atoms with Crippen LogP contribution < -0.4 is 5.73 Å². The molecule has 18 heavy (non-hydrogen) atoms. The molecule has 1 aromatic carbocycles. The summed E-state index contributed by atoms with van der Waals surface area (Å²) in [4.78, 5) is 1.10. The van der Waals surface area contributed by atoms with Gasteiger partial charge in [0, 0.05) is 17.7 Å². The van der Waals surface area contributed by atoms with Gasteiger partial charge in [-0.25, -0.2) is 0 Å². The van der Waals surface area contributed by atoms with Gasteiger partial charge in [-0.15, -0.1) is 11.8 Å². The average Bonchev–Trinajstić information content (AvgIpc) is 2.56. The average molecular weight is 347 g/mol. The molecule has 0 fully saturated rings. The first-order chi connectivity index (χ1) is 8.49. The lowest BCUT2D eigenvalue weighted by Crippen LogP contribution is -1.96. The van der Waals surface area contributed by atoms with Crippen LogP contribution in [0.4, 0.5) is 5.69 Å². The highest BCUT2D eigenvalue weighted by Crippen LogP contribution is 2.31. The summed E-state index contributed by atoms with van der Waals surface area (Å²) in [6.45, 7) is 1.98. The number of nitrogens with zero attached hydrogens (tertiary/aromatic N) is 2. The van der Waals surface area contributed by atoms with E-state index in [-0.39, 0.29) is 0 Å². The number of nitrogen functional groups attached to an aromatic ring is 1. The molecular weight excluding hydrogens is 334 g/mol. The van der Waals surface area contributed by atoms with E-state index in [0.717, 1.165) is 26.5 Å². The molecule has 0 atom stereocenters. The molecule has 0 unspecified atom stereocenters. The van der Waals surface area contributed by atoms with Crippen molar-refractivity contribution in [3.63, 3.8) is 0 Å². The first-order valence-corrected chi connectivity index (χ1v) is 7.50. The molecule has 6 heteroatoms. The number of hydrogen-bond acceptors (Lipinski definition) is 3. The Morgan fingerprint density at radius 2 is 2.22 bits per heavy atom. The van der Waals surface area contributed by atoms with Crippen LogP contribution in [0.15, 0.2) is 27.6 Å². The molecule has 0 radical (unpaired) electrons. The minimum absolute atomic E-state index is 0.597. The fourth-order valence-electron chi connectivity index (χ4n) is 1.59. The van der Waals surface area contributed by atoms with E-state index in [1.54, 1.807) is 11.8 Å². The molecule has 2 N–H and O–H groups in total. The third-order valence-electron chi connectivity index (χ3n) is 2.61. The van der Waals surface area contributed by atoms with Crippen LogP contribution in [0.3, 0.4) is 0 Å². The van der Waals surface area contributed by atoms with Crippen LogP contribution >= 0.6 is 39.3 Å². The number of benzene rings is 1. The Balaban J connectivity index is 2.14. The van der Waals surface area contributed by atoms with E-state index in [4.69, 9.17) is 17.3 Å². The summed E-state index contributed by atoms with van der Waals surface area (Å²) >= 11 is 11.3. The smallest absolute Gasteiger partial charge is 0.0738 e. The predicted octanol–water partition coefficient (Wildman–Crippen LogP) is 4.02. The number of nitrogens with two attached hydrogens (primary N) is 1. The molecule has 0 saturated carbocycles. The summed E-state index contributed by atoms with van der Waals surface area (Å²) in [5.74, 6) is 0.832. The number of anilines is 1. The Hall–Kier alpha value is -0.650. The van der Waals surface area contributed by atoms with Crippen molar-refractivity contribution in [1.29, 1.82) is 0 Å². The van der Waals surface area contributed by atoms with Gasteiger partial charge in [0.1, 0.15) is 0 Å². The van der Waals surface area contributed by atoms with Crippen molar-refractivity contribution in [2.45, 2.75) is 17.6 Å². The Morgan fingerprint density at radius 1 is 1.50 bits per heavy atom. The maximum Gasteiger partial charge on any atom is 0.0738 e. The summed E-state index contributed by atoms with van der Waals surface area (Å²) in [5, 5.41) is 4.96. The molecule has 0 aliphatic carbocycles. The van der Waals surface area contributed by atoms with Gasteiger partial charge < -0.3 is 5.73 Å². The van der Waals surface area contributed by atoms with Gasteiger partial charge in [-0.3, -0.25) is 4.68 Å². The van der Waals surface area contributed by atoms with Gasteiger partial charge in [0.2, 0.25) is 0 Å². The summed E-state index contributed by atoms with van der Waals surface area (Å²) in [7, 11) is 1.95. The lowest BCUT2D eigenvalue weighted by atomic mass is 10.3. The summed E-state index contributed by atoms with van der Waals surface area (Å²) < 4.78 is 2.96. The molecule has 0 aliphatic rings. The molecule has 0 saturated heterocycles. The SMILES string of the molecule is Cc1nn(C)c(CSc2ccc(N)c(Cl)c2)c1Br. The summed E-state index contributed by atoms with van der Waals surface area (Å²) in [6, 6.07) is 5.69. The normalized spacial score (nSPS) is 10.9. The zero-order valence-corrected chi connectivity index (χ0v) is 13.2. The number of hydrogen-bond donors (Lipinski definition) is 1. The highest BCUT2D eigenvalue weighted by Gasteiger charge is 2.11. The van der Waals surface area contributed by atoms with E-state index in [0.29, 0.717) is 10.7 Å². The zero-order chi connectivity index (χ0) is 13.3. The summed E-state index contributed by atoms with van der Waals surface area (Å²) in [6.07, 6.45) is 0. The van der Waals surface area contributed by atoms with Gasteiger partial charge in [-0.1, -0.05) is 11.6 Å². The van der Waals surface area contributed by atoms with Crippen molar-refractivity contribution in [2.24, 2.45) is 7.05 Å². The number of thioether (sulfide) groups is 1. The molecule has 0 aliphatic heterocycles. The quantitative estimate of drug-likeness (QED) is 0.674. The van der Waals surface area contributed by atoms with E-state index in [1.165, 1.54) is 0 Å². The van der Waals surface area contributed by atoms with Crippen LogP contribution in [0.2, 0.25) is 5.02 Å². The number of aryl methyl sites for hydroxylation is 2. The lowest BCUT2D eigenvalue weighted by molar-refractivity contribution is 0.727. The van der Waals surface area contributed by atoms with E-state index in [2.05, 4.69) is 21.0 Å². The largest absolute Gasteiger partial charge is 0.398 e. The van der Waals surface area contributed by atoms with Crippen LogP contribution in [0.5, 0.6) is 0 Å². The zero-order valence-electron chi connectivity index (χ0n) is 10.1. The minimum Gasteiger partial charge on any atom is -0.398 e. The number of rotatable bonds is 3. The van der Waals surface area contributed by atoms with Crippen LogP contribution in [-0.4, -0.2) is 9.78 Å². The van der Waals surface area contributed by atoms with Crippen LogP contribution in [-0.2, 0) is 12.8 Å². The van der Waals surface area contributed by atoms with Crippen molar-refractivity contribution in [2.75, 3.05) is 5.73 Å². The number of halogens is 2. The Bertz CT molecular complexity index is 583. The highest BCUT2D eigenvalue weighted by atomic mass is 79.9. The fourth-order valence-corrected chi connectivity index (χ4v) is 3.49. The van der Waals surface area contributed by atoms with Crippen molar-refractivity contribution in [1.82, 2.24) is 9.78 Å². The van der Waals surface area contributed by atoms with Gasteiger partial charge in [-0.2, -0.15) is 5.10 Å². The maximum absolute atomic E-state index is 6.00. The molecule has 3 nitrogen and oxygen atoms in total. The van der Waals surface area contributed by atoms with Crippen LogP contribution in [0.1, 0.15) is 11.4 Å². The molecule has 96 valence electrons. The van der Waals surface area contributed by atoms with Crippen LogP contribution in [0, 0.1) is 6.92 Å². The maximum atomic E-state index is 6.00. The highest BCUT2D eigenvalue weighted by molar-refractivity contribution is 9.10. The number of aromatic nitrogens is 2. The molecule has 1 heterocycles. The van der Waals surface area contributed by atoms with Crippen LogP contribution in [0.25, 0.3) is 0 Å². The van der Waals surface area contributed by atoms with Gasteiger partial charge in [0.25, 0.3) is 0 Å². The second kappa shape index (κ2) is 5.55. The van der Waals surface area contributed by atoms with Crippen molar-refractivity contribution in [3.8, 4) is 0 Å². The van der Waals surface area contributed by atoms with E-state index in [1.807, 2.05) is 36.9 Å². The fraction of sp³-hybridized carbons (Fsp3) is 0.250. The molecule has 2 aromatic rings. The first-order valence-electron chi connectivity index (χ1n) is 5.35. The topological polar surface area (TPSA) is 43.8 Å². The van der Waals surface area contributed by atoms with E-state index < -0.39 is 0 Å². The van der Waals surface area contributed by atoms with Gasteiger partial charge in [-0.05, 0) is 41.1 Å². The third kappa shape index (κ3) is 2.84. The Labute approximate surface area is 124 Å². The van der Waals surface area contributed by atoms with Crippen molar-refractivity contribution in [3.05, 3.63) is 39.1 Å². The molecular formula is C12H13BrClN3S. The second-order valence-corrected chi connectivity index (χ2v) is 6.19. The van der Waals surface area contributed by atoms with E-state index >= 15 is 0 Å². The second-order valence-electron chi connectivity index (χ2n) is 3.94. The molecule has 0 bridgehead atoms.